The quantitative estimate of drug-likeness (QED) is 0.390. The van der Waals surface area contributed by atoms with E-state index in [4.69, 9.17) is 0 Å². The molecule has 0 bridgehead atoms. The van der Waals surface area contributed by atoms with Gasteiger partial charge in [-0.2, -0.15) is 0 Å². The summed E-state index contributed by atoms with van der Waals surface area (Å²) in [4.78, 5) is 31.6. The van der Waals surface area contributed by atoms with Crippen LogP contribution in [0.4, 0.5) is 0 Å². The van der Waals surface area contributed by atoms with Crippen LogP contribution >= 0.6 is 0 Å². The molecule has 1 aliphatic heterocycles. The van der Waals surface area contributed by atoms with Gasteiger partial charge in [-0.25, -0.2) is 0 Å². The number of hydrogen-bond acceptors (Lipinski definition) is 4. The number of rotatable bonds is 1. The van der Waals surface area contributed by atoms with Gasteiger partial charge in [0, 0.05) is 6.92 Å². The maximum atomic E-state index is 10.7. The van der Waals surface area contributed by atoms with Crippen molar-refractivity contribution < 1.29 is 19.1 Å². The fourth-order valence-electron chi connectivity index (χ4n) is 0.826. The predicted molar refractivity (Wildman–Crippen MR) is 33.3 cm³/mol. The maximum Gasteiger partial charge on any atom is 0.303 e. The van der Waals surface area contributed by atoms with Gasteiger partial charge in [-0.3, -0.25) is 19.7 Å². The summed E-state index contributed by atoms with van der Waals surface area (Å²) in [6, 6.07) is 0. The number of carbonyl (C=O) groups is 3. The highest BCUT2D eigenvalue weighted by Crippen LogP contribution is 2.05. The first-order valence-electron chi connectivity index (χ1n) is 3.10. The number of imide groups is 1. The van der Waals surface area contributed by atoms with Crippen LogP contribution in [-0.2, 0) is 19.1 Å². The summed E-state index contributed by atoms with van der Waals surface area (Å²) in [5, 5.41) is 2.02. The lowest BCUT2D eigenvalue weighted by atomic mass is 10.3. The van der Waals surface area contributed by atoms with E-state index >= 15 is 0 Å². The van der Waals surface area contributed by atoms with Crippen LogP contribution in [0.25, 0.3) is 0 Å². The van der Waals surface area contributed by atoms with Crippen molar-refractivity contribution in [2.24, 2.45) is 0 Å². The van der Waals surface area contributed by atoms with E-state index in [9.17, 15) is 14.4 Å². The average molecular weight is 157 g/mol. The van der Waals surface area contributed by atoms with Crippen molar-refractivity contribution in [3.05, 3.63) is 0 Å². The number of nitrogens with one attached hydrogen (secondary N) is 1. The van der Waals surface area contributed by atoms with Gasteiger partial charge in [0.15, 0.2) is 6.10 Å². The number of hydrogen-bond donors (Lipinski definition) is 1. The zero-order valence-electron chi connectivity index (χ0n) is 5.92. The first-order valence-corrected chi connectivity index (χ1v) is 3.10. The van der Waals surface area contributed by atoms with Gasteiger partial charge in [-0.15, -0.1) is 0 Å². The highest BCUT2D eigenvalue weighted by Gasteiger charge is 2.32. The number of esters is 1. The summed E-state index contributed by atoms with van der Waals surface area (Å²) in [6.45, 7) is 1.19. The zero-order chi connectivity index (χ0) is 8.43. The van der Waals surface area contributed by atoms with E-state index < -0.39 is 23.9 Å². The normalized spacial score (nSPS) is 23.2. The predicted octanol–water partition coefficient (Wildman–Crippen LogP) is -1.04. The fourth-order valence-corrected chi connectivity index (χ4v) is 0.826. The fraction of sp³-hybridized carbons (Fsp3) is 0.500. The van der Waals surface area contributed by atoms with Crippen molar-refractivity contribution in [1.82, 2.24) is 5.32 Å². The molecule has 1 heterocycles. The van der Waals surface area contributed by atoms with Gasteiger partial charge in [-0.1, -0.05) is 0 Å². The van der Waals surface area contributed by atoms with Crippen LogP contribution in [0.15, 0.2) is 0 Å². The third kappa shape index (κ3) is 1.76. The summed E-state index contributed by atoms with van der Waals surface area (Å²) < 4.78 is 4.52. The van der Waals surface area contributed by atoms with Crippen LogP contribution in [0.5, 0.6) is 0 Å². The Morgan fingerprint density at radius 3 is 2.64 bits per heavy atom. The molecule has 1 rings (SSSR count). The Labute approximate surface area is 62.7 Å². The molecule has 1 saturated heterocycles. The second kappa shape index (κ2) is 2.69. The minimum Gasteiger partial charge on any atom is -0.452 e. The van der Waals surface area contributed by atoms with Crippen molar-refractivity contribution in [3.63, 3.8) is 0 Å². The van der Waals surface area contributed by atoms with Gasteiger partial charge < -0.3 is 4.74 Å². The van der Waals surface area contributed by atoms with Crippen LogP contribution in [0, 0.1) is 0 Å². The van der Waals surface area contributed by atoms with Gasteiger partial charge in [0.25, 0.3) is 5.91 Å². The van der Waals surface area contributed by atoms with Crippen LogP contribution in [-0.4, -0.2) is 23.9 Å². The Balaban J connectivity index is 2.53. The molecule has 11 heavy (non-hydrogen) atoms. The minimum atomic E-state index is -0.917. The number of carbonyl (C=O) groups excluding carboxylic acids is 3. The van der Waals surface area contributed by atoms with Crippen molar-refractivity contribution in [2.75, 3.05) is 0 Å². The van der Waals surface area contributed by atoms with E-state index in [1.54, 1.807) is 0 Å². The molecular weight excluding hydrogens is 150 g/mol. The second-order valence-corrected chi connectivity index (χ2v) is 2.21. The molecule has 2 amide bonds. The van der Waals surface area contributed by atoms with Crippen molar-refractivity contribution in [2.45, 2.75) is 19.4 Å². The van der Waals surface area contributed by atoms with Crippen LogP contribution < -0.4 is 5.32 Å². The van der Waals surface area contributed by atoms with Crippen LogP contribution in [0.1, 0.15) is 13.3 Å². The van der Waals surface area contributed by atoms with E-state index in [-0.39, 0.29) is 6.42 Å². The largest absolute Gasteiger partial charge is 0.452 e. The Morgan fingerprint density at radius 2 is 2.27 bits per heavy atom. The first-order chi connectivity index (χ1) is 5.09. The smallest absolute Gasteiger partial charge is 0.303 e. The third-order valence-corrected chi connectivity index (χ3v) is 1.23. The minimum absolute atomic E-state index is 0.0571. The summed E-state index contributed by atoms with van der Waals surface area (Å²) in [7, 11) is 0. The summed E-state index contributed by atoms with van der Waals surface area (Å²) >= 11 is 0. The molecule has 0 aromatic rings. The van der Waals surface area contributed by atoms with Crippen molar-refractivity contribution >= 4 is 17.8 Å². The van der Waals surface area contributed by atoms with E-state index in [0.717, 1.165) is 0 Å². The van der Waals surface area contributed by atoms with E-state index in [2.05, 4.69) is 4.74 Å². The average Bonchev–Trinajstić information content (AvgIpc) is 2.09. The molecule has 0 radical (unpaired) electrons. The van der Waals surface area contributed by atoms with Crippen molar-refractivity contribution in [1.29, 1.82) is 0 Å². The molecule has 0 unspecified atom stereocenters. The Bertz CT molecular complexity index is 223. The van der Waals surface area contributed by atoms with E-state index in [1.165, 1.54) is 6.92 Å². The van der Waals surface area contributed by atoms with E-state index in [1.807, 2.05) is 5.32 Å². The maximum absolute atomic E-state index is 10.7. The van der Waals surface area contributed by atoms with Crippen molar-refractivity contribution in [3.8, 4) is 0 Å². The lowest BCUT2D eigenvalue weighted by molar-refractivity contribution is -0.151. The molecule has 60 valence electrons. The monoisotopic (exact) mass is 157 g/mol. The molecule has 1 aliphatic rings. The van der Waals surface area contributed by atoms with Gasteiger partial charge in [0.05, 0.1) is 6.42 Å². The number of ether oxygens (including phenoxy) is 1. The third-order valence-electron chi connectivity index (χ3n) is 1.23. The highest BCUT2D eigenvalue weighted by molar-refractivity contribution is 6.05. The van der Waals surface area contributed by atoms with Crippen LogP contribution in [0.3, 0.4) is 0 Å². The lowest BCUT2D eigenvalue weighted by Crippen LogP contribution is -2.27. The Hall–Kier alpha value is -1.39. The molecule has 1 N–H and O–H groups in total. The standard InChI is InChI=1S/C6H7NO4/c1-3(8)11-4-2-5(9)7-6(4)10/h4H,2H2,1H3,(H,7,9,10)/t4-/m0/s1. The molecule has 1 fully saturated rings. The van der Waals surface area contributed by atoms with Gasteiger partial charge in [0.2, 0.25) is 5.91 Å². The van der Waals surface area contributed by atoms with E-state index in [0.29, 0.717) is 0 Å². The Morgan fingerprint density at radius 1 is 1.64 bits per heavy atom. The van der Waals surface area contributed by atoms with Crippen LogP contribution in [0.2, 0.25) is 0 Å². The second-order valence-electron chi connectivity index (χ2n) is 2.21. The first kappa shape index (κ1) is 7.71. The molecule has 5 heteroatoms. The summed E-state index contributed by atoms with van der Waals surface area (Å²) in [6.07, 6.45) is -0.974. The van der Waals surface area contributed by atoms with Gasteiger partial charge in [-0.05, 0) is 0 Å². The molecule has 0 aromatic heterocycles. The van der Waals surface area contributed by atoms with Gasteiger partial charge >= 0.3 is 5.97 Å². The molecule has 0 aromatic carbocycles. The lowest BCUT2D eigenvalue weighted by Gasteiger charge is -2.04. The summed E-state index contributed by atoms with van der Waals surface area (Å²) in [5.41, 5.74) is 0. The molecular formula is C6H7NO4. The molecule has 5 nitrogen and oxygen atoms in total. The zero-order valence-corrected chi connectivity index (χ0v) is 5.92. The molecule has 0 aliphatic carbocycles. The SMILES string of the molecule is CC(=O)O[C@H]1CC(=O)NC1=O. The molecule has 0 spiro atoms. The topological polar surface area (TPSA) is 72.5 Å². The number of amides is 2. The van der Waals surface area contributed by atoms with Gasteiger partial charge in [0.1, 0.15) is 0 Å². The molecule has 1 atom stereocenters. The Kier molecular flexibility index (Phi) is 1.89. The summed E-state index contributed by atoms with van der Waals surface area (Å²) in [5.74, 6) is -1.49. The molecule has 0 saturated carbocycles. The highest BCUT2D eigenvalue weighted by atomic mass is 16.5.